The number of aryl methyl sites for hydroxylation is 2. The van der Waals surface area contributed by atoms with Crippen LogP contribution in [-0.4, -0.2) is 16.0 Å². The third-order valence-corrected chi connectivity index (χ3v) is 5.53. The molecule has 0 spiro atoms. The Kier molecular flexibility index (Phi) is 4.69. The fourth-order valence-electron chi connectivity index (χ4n) is 4.30. The third kappa shape index (κ3) is 3.47. The fraction of sp³-hybridized carbons (Fsp3) is 0.333. The van der Waals surface area contributed by atoms with Crippen LogP contribution in [0.2, 0.25) is 0 Å². The predicted octanol–water partition coefficient (Wildman–Crippen LogP) is 5.27. The zero-order chi connectivity index (χ0) is 18.1. The van der Waals surface area contributed by atoms with Gasteiger partial charge in [-0.1, -0.05) is 67.1 Å². The highest BCUT2D eigenvalue weighted by Gasteiger charge is 2.26. The summed E-state index contributed by atoms with van der Waals surface area (Å²) in [6.45, 7) is 11.0. The Balaban J connectivity index is 1.56. The molecule has 1 aliphatic rings. The van der Waals surface area contributed by atoms with E-state index in [0.29, 0.717) is 5.92 Å². The van der Waals surface area contributed by atoms with Gasteiger partial charge in [0.05, 0.1) is 0 Å². The molecule has 134 valence electrons. The molecule has 1 atom stereocenters. The number of hydrogen-bond acceptors (Lipinski definition) is 1. The van der Waals surface area contributed by atoms with Crippen molar-refractivity contribution in [2.75, 3.05) is 6.54 Å². The Morgan fingerprint density at radius 1 is 0.885 bits per heavy atom. The SMILES string of the molecule is Cc1ccc(CN2Cc3cc(C)n(Cc4ccccc4)c3C(C)C2)cc1. The summed E-state index contributed by atoms with van der Waals surface area (Å²) in [4.78, 5) is 2.59. The summed E-state index contributed by atoms with van der Waals surface area (Å²) < 4.78 is 2.53. The van der Waals surface area contributed by atoms with Crippen LogP contribution in [0.1, 0.15) is 46.5 Å². The quantitative estimate of drug-likeness (QED) is 0.626. The van der Waals surface area contributed by atoms with Crippen molar-refractivity contribution in [2.45, 2.75) is 46.3 Å². The first-order chi connectivity index (χ1) is 12.6. The first-order valence-corrected chi connectivity index (χ1v) is 9.61. The minimum atomic E-state index is 0.557. The van der Waals surface area contributed by atoms with Crippen LogP contribution in [-0.2, 0) is 19.6 Å². The van der Waals surface area contributed by atoms with E-state index in [1.807, 2.05) is 0 Å². The lowest BCUT2D eigenvalue weighted by Crippen LogP contribution is -2.33. The van der Waals surface area contributed by atoms with Gasteiger partial charge in [-0.05, 0) is 36.6 Å². The van der Waals surface area contributed by atoms with Gasteiger partial charge in [0, 0.05) is 43.5 Å². The molecule has 0 bridgehead atoms. The van der Waals surface area contributed by atoms with Gasteiger partial charge in [-0.2, -0.15) is 0 Å². The van der Waals surface area contributed by atoms with E-state index in [-0.39, 0.29) is 0 Å². The molecule has 1 aliphatic heterocycles. The molecule has 0 saturated heterocycles. The zero-order valence-electron chi connectivity index (χ0n) is 16.1. The summed E-state index contributed by atoms with van der Waals surface area (Å²) in [5.74, 6) is 0.557. The maximum atomic E-state index is 2.59. The van der Waals surface area contributed by atoms with Gasteiger partial charge in [0.25, 0.3) is 0 Å². The summed E-state index contributed by atoms with van der Waals surface area (Å²) in [5.41, 5.74) is 8.53. The molecule has 4 rings (SSSR count). The van der Waals surface area contributed by atoms with Crippen molar-refractivity contribution in [3.05, 3.63) is 94.3 Å². The molecule has 0 fully saturated rings. The third-order valence-electron chi connectivity index (χ3n) is 5.53. The van der Waals surface area contributed by atoms with Gasteiger partial charge in [-0.15, -0.1) is 0 Å². The van der Waals surface area contributed by atoms with Crippen molar-refractivity contribution in [1.82, 2.24) is 9.47 Å². The normalized spacial score (nSPS) is 17.3. The molecule has 3 aromatic rings. The van der Waals surface area contributed by atoms with Crippen LogP contribution in [0.15, 0.2) is 60.7 Å². The highest BCUT2D eigenvalue weighted by atomic mass is 15.1. The molecule has 26 heavy (non-hydrogen) atoms. The van der Waals surface area contributed by atoms with Gasteiger partial charge in [-0.25, -0.2) is 0 Å². The number of aromatic nitrogens is 1. The molecule has 2 heteroatoms. The van der Waals surface area contributed by atoms with Crippen LogP contribution < -0.4 is 0 Å². The molecule has 2 nitrogen and oxygen atoms in total. The maximum absolute atomic E-state index is 2.59. The molecule has 1 aromatic heterocycles. The Hall–Kier alpha value is -2.32. The summed E-state index contributed by atoms with van der Waals surface area (Å²) >= 11 is 0. The largest absolute Gasteiger partial charge is 0.344 e. The van der Waals surface area contributed by atoms with E-state index in [2.05, 4.69) is 90.9 Å². The summed E-state index contributed by atoms with van der Waals surface area (Å²) in [7, 11) is 0. The van der Waals surface area contributed by atoms with E-state index in [1.54, 1.807) is 0 Å². The van der Waals surface area contributed by atoms with Gasteiger partial charge in [-0.3, -0.25) is 4.90 Å². The molecule has 0 N–H and O–H groups in total. The molecule has 0 radical (unpaired) electrons. The predicted molar refractivity (Wildman–Crippen MR) is 108 cm³/mol. The van der Waals surface area contributed by atoms with Gasteiger partial charge in [0.1, 0.15) is 0 Å². The van der Waals surface area contributed by atoms with Crippen molar-refractivity contribution in [3.8, 4) is 0 Å². The lowest BCUT2D eigenvalue weighted by Gasteiger charge is -2.32. The topological polar surface area (TPSA) is 8.17 Å². The summed E-state index contributed by atoms with van der Waals surface area (Å²) in [5, 5.41) is 0. The Bertz CT molecular complexity index is 875. The second-order valence-corrected chi connectivity index (χ2v) is 7.82. The fourth-order valence-corrected chi connectivity index (χ4v) is 4.30. The van der Waals surface area contributed by atoms with E-state index in [1.165, 1.54) is 33.6 Å². The first-order valence-electron chi connectivity index (χ1n) is 9.61. The van der Waals surface area contributed by atoms with Crippen molar-refractivity contribution in [1.29, 1.82) is 0 Å². The van der Waals surface area contributed by atoms with E-state index in [0.717, 1.165) is 26.2 Å². The van der Waals surface area contributed by atoms with Gasteiger partial charge >= 0.3 is 0 Å². The smallest absolute Gasteiger partial charge is 0.0475 e. The van der Waals surface area contributed by atoms with Crippen LogP contribution in [0.25, 0.3) is 0 Å². The van der Waals surface area contributed by atoms with Crippen molar-refractivity contribution >= 4 is 0 Å². The Morgan fingerprint density at radius 3 is 2.31 bits per heavy atom. The standard InChI is InChI=1S/C24H28N2/c1-18-9-11-22(12-10-18)15-25-14-19(2)24-23(17-25)13-20(3)26(24)16-21-7-5-4-6-8-21/h4-13,19H,14-17H2,1-3H3. The van der Waals surface area contributed by atoms with Crippen LogP contribution in [0, 0.1) is 13.8 Å². The number of benzene rings is 2. The van der Waals surface area contributed by atoms with Crippen LogP contribution >= 0.6 is 0 Å². The molecule has 0 aliphatic carbocycles. The monoisotopic (exact) mass is 344 g/mol. The first kappa shape index (κ1) is 17.1. The number of fused-ring (bicyclic) bond motifs is 1. The highest BCUT2D eigenvalue weighted by Crippen LogP contribution is 2.32. The van der Waals surface area contributed by atoms with Gasteiger partial charge in [0.2, 0.25) is 0 Å². The van der Waals surface area contributed by atoms with Crippen LogP contribution in [0.4, 0.5) is 0 Å². The minimum Gasteiger partial charge on any atom is -0.344 e. The lowest BCUT2D eigenvalue weighted by atomic mass is 9.97. The molecule has 2 heterocycles. The lowest BCUT2D eigenvalue weighted by molar-refractivity contribution is 0.223. The average Bonchev–Trinajstić information content (AvgIpc) is 2.94. The van der Waals surface area contributed by atoms with Crippen molar-refractivity contribution in [2.24, 2.45) is 0 Å². The molecule has 0 amide bonds. The highest BCUT2D eigenvalue weighted by molar-refractivity contribution is 5.34. The molecular weight excluding hydrogens is 316 g/mol. The van der Waals surface area contributed by atoms with E-state index in [4.69, 9.17) is 0 Å². The number of nitrogens with zero attached hydrogens (tertiary/aromatic N) is 2. The molecule has 2 aromatic carbocycles. The van der Waals surface area contributed by atoms with Crippen LogP contribution in [0.5, 0.6) is 0 Å². The zero-order valence-corrected chi connectivity index (χ0v) is 16.1. The Labute approximate surface area is 157 Å². The van der Waals surface area contributed by atoms with Crippen molar-refractivity contribution < 1.29 is 0 Å². The number of hydrogen-bond donors (Lipinski definition) is 0. The number of rotatable bonds is 4. The maximum Gasteiger partial charge on any atom is 0.0475 e. The van der Waals surface area contributed by atoms with Crippen LogP contribution in [0.3, 0.4) is 0 Å². The molecular formula is C24H28N2. The van der Waals surface area contributed by atoms with Crippen molar-refractivity contribution in [3.63, 3.8) is 0 Å². The van der Waals surface area contributed by atoms with Gasteiger partial charge < -0.3 is 4.57 Å². The summed E-state index contributed by atoms with van der Waals surface area (Å²) in [6, 6.07) is 22.2. The second-order valence-electron chi connectivity index (χ2n) is 7.82. The Morgan fingerprint density at radius 2 is 1.58 bits per heavy atom. The molecule has 1 unspecified atom stereocenters. The van der Waals surface area contributed by atoms with Gasteiger partial charge in [0.15, 0.2) is 0 Å². The minimum absolute atomic E-state index is 0.557. The second kappa shape index (κ2) is 7.13. The van der Waals surface area contributed by atoms with E-state index >= 15 is 0 Å². The van der Waals surface area contributed by atoms with E-state index in [9.17, 15) is 0 Å². The molecule has 0 saturated carbocycles. The average molecular weight is 345 g/mol. The van der Waals surface area contributed by atoms with E-state index < -0.39 is 0 Å². The summed E-state index contributed by atoms with van der Waals surface area (Å²) in [6.07, 6.45) is 0.